The van der Waals surface area contributed by atoms with Crippen LogP contribution in [-0.2, 0) is 9.59 Å². The van der Waals surface area contributed by atoms with Crippen molar-refractivity contribution in [3.05, 3.63) is 34.9 Å². The van der Waals surface area contributed by atoms with Gasteiger partial charge in [-0.05, 0) is 36.3 Å². The van der Waals surface area contributed by atoms with Crippen LogP contribution in [0.25, 0.3) is 0 Å². The molecule has 0 radical (unpaired) electrons. The van der Waals surface area contributed by atoms with Crippen LogP contribution in [0.4, 0.5) is 0 Å². The highest BCUT2D eigenvalue weighted by molar-refractivity contribution is 7.99. The SMILES string of the molecule is O=C1CC2(CCCSC2)C(c2cccc(Cl)c2)C(=O)N1. The van der Waals surface area contributed by atoms with Crippen molar-refractivity contribution in [2.75, 3.05) is 11.5 Å². The zero-order valence-electron chi connectivity index (χ0n) is 11.0. The van der Waals surface area contributed by atoms with Crippen LogP contribution in [0.5, 0.6) is 0 Å². The maximum Gasteiger partial charge on any atom is 0.234 e. The normalized spacial score (nSPS) is 30.4. The van der Waals surface area contributed by atoms with Crippen molar-refractivity contribution >= 4 is 35.2 Å². The number of nitrogens with one attached hydrogen (secondary N) is 1. The first kappa shape index (κ1) is 14.0. The van der Waals surface area contributed by atoms with Crippen LogP contribution in [0.1, 0.15) is 30.7 Å². The lowest BCUT2D eigenvalue weighted by molar-refractivity contribution is -0.139. The van der Waals surface area contributed by atoms with Crippen molar-refractivity contribution < 1.29 is 9.59 Å². The van der Waals surface area contributed by atoms with E-state index in [1.54, 1.807) is 6.07 Å². The molecule has 2 amide bonds. The number of piperidine rings is 1. The average molecular weight is 310 g/mol. The Labute approximate surface area is 127 Å². The minimum absolute atomic E-state index is 0.143. The summed E-state index contributed by atoms with van der Waals surface area (Å²) < 4.78 is 0. The molecule has 1 spiro atoms. The molecule has 0 aromatic heterocycles. The number of hydrogen-bond donors (Lipinski definition) is 1. The fourth-order valence-electron chi connectivity index (χ4n) is 3.39. The molecule has 106 valence electrons. The molecule has 0 bridgehead atoms. The predicted octanol–water partition coefficient (Wildman–Crippen LogP) is 2.98. The van der Waals surface area contributed by atoms with Gasteiger partial charge in [0.05, 0.1) is 5.92 Å². The van der Waals surface area contributed by atoms with Crippen LogP contribution in [0, 0.1) is 5.41 Å². The van der Waals surface area contributed by atoms with Gasteiger partial charge in [0, 0.05) is 22.6 Å². The van der Waals surface area contributed by atoms with Gasteiger partial charge < -0.3 is 0 Å². The van der Waals surface area contributed by atoms with E-state index in [9.17, 15) is 9.59 Å². The minimum atomic E-state index is -0.272. The highest BCUT2D eigenvalue weighted by Crippen LogP contribution is 2.50. The highest BCUT2D eigenvalue weighted by Gasteiger charge is 2.49. The number of rotatable bonds is 1. The molecule has 3 nitrogen and oxygen atoms in total. The predicted molar refractivity (Wildman–Crippen MR) is 81.0 cm³/mol. The molecular formula is C15H16ClNO2S. The van der Waals surface area contributed by atoms with Crippen molar-refractivity contribution in [3.63, 3.8) is 0 Å². The van der Waals surface area contributed by atoms with Crippen molar-refractivity contribution in [3.8, 4) is 0 Å². The molecule has 0 saturated carbocycles. The number of imide groups is 1. The van der Waals surface area contributed by atoms with Gasteiger partial charge in [0.2, 0.25) is 11.8 Å². The molecule has 2 heterocycles. The van der Waals surface area contributed by atoms with Crippen molar-refractivity contribution in [2.45, 2.75) is 25.2 Å². The van der Waals surface area contributed by atoms with Crippen LogP contribution in [0.3, 0.4) is 0 Å². The summed E-state index contributed by atoms with van der Waals surface area (Å²) in [5.74, 6) is 1.39. The Kier molecular flexibility index (Phi) is 3.78. The number of carbonyl (C=O) groups excluding carboxylic acids is 2. The summed E-state index contributed by atoms with van der Waals surface area (Å²) in [5.41, 5.74) is 0.678. The molecule has 2 fully saturated rings. The number of halogens is 1. The summed E-state index contributed by atoms with van der Waals surface area (Å²) in [4.78, 5) is 24.2. The fourth-order valence-corrected chi connectivity index (χ4v) is 4.90. The van der Waals surface area contributed by atoms with Crippen LogP contribution >= 0.6 is 23.4 Å². The van der Waals surface area contributed by atoms with E-state index in [-0.39, 0.29) is 23.1 Å². The van der Waals surface area contributed by atoms with Crippen LogP contribution in [-0.4, -0.2) is 23.3 Å². The Morgan fingerprint density at radius 2 is 2.20 bits per heavy atom. The molecule has 2 unspecified atom stereocenters. The lowest BCUT2D eigenvalue weighted by Gasteiger charge is -2.45. The van der Waals surface area contributed by atoms with Crippen LogP contribution in [0.2, 0.25) is 5.02 Å². The van der Waals surface area contributed by atoms with Crippen molar-refractivity contribution in [1.29, 1.82) is 0 Å². The van der Waals surface area contributed by atoms with E-state index < -0.39 is 0 Å². The Morgan fingerprint density at radius 3 is 2.90 bits per heavy atom. The summed E-state index contributed by atoms with van der Waals surface area (Å²) in [6.07, 6.45) is 2.42. The highest BCUT2D eigenvalue weighted by atomic mass is 35.5. The second kappa shape index (κ2) is 5.41. The first-order valence-electron chi connectivity index (χ1n) is 6.78. The number of benzene rings is 1. The maximum atomic E-state index is 12.4. The van der Waals surface area contributed by atoms with E-state index in [1.165, 1.54) is 0 Å². The van der Waals surface area contributed by atoms with Gasteiger partial charge in [0.25, 0.3) is 0 Å². The van der Waals surface area contributed by atoms with E-state index >= 15 is 0 Å². The summed E-state index contributed by atoms with van der Waals surface area (Å²) >= 11 is 7.91. The van der Waals surface area contributed by atoms with Gasteiger partial charge in [-0.15, -0.1) is 0 Å². The van der Waals surface area contributed by atoms with Gasteiger partial charge in [-0.3, -0.25) is 14.9 Å². The van der Waals surface area contributed by atoms with E-state index in [4.69, 9.17) is 11.6 Å². The molecule has 1 aromatic rings. The van der Waals surface area contributed by atoms with Crippen molar-refractivity contribution in [1.82, 2.24) is 5.32 Å². The molecule has 2 aliphatic heterocycles. The van der Waals surface area contributed by atoms with E-state index in [0.29, 0.717) is 11.4 Å². The Morgan fingerprint density at radius 1 is 1.35 bits per heavy atom. The molecule has 1 aromatic carbocycles. The molecule has 1 N–H and O–H groups in total. The first-order chi connectivity index (χ1) is 9.61. The van der Waals surface area contributed by atoms with E-state index in [2.05, 4.69) is 5.32 Å². The summed E-state index contributed by atoms with van der Waals surface area (Å²) in [7, 11) is 0. The molecule has 20 heavy (non-hydrogen) atoms. The summed E-state index contributed by atoms with van der Waals surface area (Å²) in [5, 5.41) is 3.12. The molecule has 2 saturated heterocycles. The number of carbonyl (C=O) groups is 2. The second-order valence-electron chi connectivity index (χ2n) is 5.60. The average Bonchev–Trinajstić information content (AvgIpc) is 2.38. The van der Waals surface area contributed by atoms with E-state index in [0.717, 1.165) is 29.9 Å². The van der Waals surface area contributed by atoms with Crippen molar-refractivity contribution in [2.24, 2.45) is 5.41 Å². The summed E-state index contributed by atoms with van der Waals surface area (Å²) in [6, 6.07) is 7.46. The Bertz CT molecular complexity index is 555. The fraction of sp³-hybridized carbons (Fsp3) is 0.467. The monoisotopic (exact) mass is 309 g/mol. The van der Waals surface area contributed by atoms with Gasteiger partial charge in [0.15, 0.2) is 0 Å². The largest absolute Gasteiger partial charge is 0.296 e. The van der Waals surface area contributed by atoms with Gasteiger partial charge in [0.1, 0.15) is 0 Å². The lowest BCUT2D eigenvalue weighted by atomic mass is 9.66. The third kappa shape index (κ3) is 2.47. The van der Waals surface area contributed by atoms with Gasteiger partial charge >= 0.3 is 0 Å². The molecule has 5 heteroatoms. The van der Waals surface area contributed by atoms with Gasteiger partial charge in [-0.2, -0.15) is 11.8 Å². The second-order valence-corrected chi connectivity index (χ2v) is 7.14. The number of thioether (sulfide) groups is 1. The van der Waals surface area contributed by atoms with Gasteiger partial charge in [-0.1, -0.05) is 23.7 Å². The van der Waals surface area contributed by atoms with Crippen LogP contribution < -0.4 is 5.32 Å². The third-order valence-electron chi connectivity index (χ3n) is 4.18. The molecule has 2 aliphatic rings. The zero-order chi connectivity index (χ0) is 14.2. The van der Waals surface area contributed by atoms with E-state index in [1.807, 2.05) is 30.0 Å². The van der Waals surface area contributed by atoms with Gasteiger partial charge in [-0.25, -0.2) is 0 Å². The third-order valence-corrected chi connectivity index (χ3v) is 5.78. The standard InChI is InChI=1S/C15H16ClNO2S/c16-11-4-1-3-10(7-11)13-14(19)17-12(18)8-15(13)5-2-6-20-9-15/h1,3-4,7,13H,2,5-6,8-9H2,(H,17,18,19). The lowest BCUT2D eigenvalue weighted by Crippen LogP contribution is -2.52. The molecule has 3 rings (SSSR count). The van der Waals surface area contributed by atoms with Crippen LogP contribution in [0.15, 0.2) is 24.3 Å². The molecule has 0 aliphatic carbocycles. The molecular weight excluding hydrogens is 294 g/mol. The zero-order valence-corrected chi connectivity index (χ0v) is 12.6. The topological polar surface area (TPSA) is 46.2 Å². The Balaban J connectivity index is 2.03. The Hall–Kier alpha value is -1.00. The first-order valence-corrected chi connectivity index (χ1v) is 8.31. The smallest absolute Gasteiger partial charge is 0.234 e. The molecule has 2 atom stereocenters. The maximum absolute atomic E-state index is 12.4. The minimum Gasteiger partial charge on any atom is -0.296 e. The summed E-state index contributed by atoms with van der Waals surface area (Å²) in [6.45, 7) is 0. The number of hydrogen-bond acceptors (Lipinski definition) is 3. The number of amides is 2. The quantitative estimate of drug-likeness (QED) is 0.811.